The van der Waals surface area contributed by atoms with Gasteiger partial charge in [0.2, 0.25) is 0 Å². The molecule has 0 unspecified atom stereocenters. The SMILES string of the molecule is C=C(CC)c1cc2ccc(O)cc2o1. The Labute approximate surface area is 82.5 Å². The van der Waals surface area contributed by atoms with Crippen LogP contribution in [0, 0.1) is 0 Å². The van der Waals surface area contributed by atoms with Crippen molar-refractivity contribution in [3.05, 3.63) is 36.6 Å². The van der Waals surface area contributed by atoms with Crippen molar-refractivity contribution in [1.82, 2.24) is 0 Å². The molecule has 0 aliphatic carbocycles. The molecule has 1 heterocycles. The second-order valence-corrected chi connectivity index (χ2v) is 3.29. The van der Waals surface area contributed by atoms with Gasteiger partial charge in [-0.3, -0.25) is 0 Å². The Morgan fingerprint density at radius 1 is 1.43 bits per heavy atom. The molecule has 2 heteroatoms. The lowest BCUT2D eigenvalue weighted by Gasteiger charge is -1.94. The number of benzene rings is 1. The number of allylic oxidation sites excluding steroid dienone is 1. The number of rotatable bonds is 2. The number of furan rings is 1. The number of hydrogen-bond acceptors (Lipinski definition) is 2. The normalized spacial score (nSPS) is 10.6. The zero-order valence-electron chi connectivity index (χ0n) is 8.08. The largest absolute Gasteiger partial charge is 0.508 e. The highest BCUT2D eigenvalue weighted by Gasteiger charge is 2.05. The van der Waals surface area contributed by atoms with Crippen molar-refractivity contribution >= 4 is 16.5 Å². The maximum atomic E-state index is 9.25. The van der Waals surface area contributed by atoms with Gasteiger partial charge in [0.25, 0.3) is 0 Å². The van der Waals surface area contributed by atoms with Gasteiger partial charge in [-0.1, -0.05) is 13.5 Å². The van der Waals surface area contributed by atoms with Gasteiger partial charge in [0, 0.05) is 11.5 Å². The molecule has 0 fully saturated rings. The molecule has 1 aromatic heterocycles. The molecule has 0 aliphatic rings. The van der Waals surface area contributed by atoms with Crippen molar-refractivity contribution in [2.75, 3.05) is 0 Å². The van der Waals surface area contributed by atoms with E-state index in [2.05, 4.69) is 6.58 Å². The lowest BCUT2D eigenvalue weighted by atomic mass is 10.1. The van der Waals surface area contributed by atoms with Crippen molar-refractivity contribution in [2.24, 2.45) is 0 Å². The van der Waals surface area contributed by atoms with Crippen LogP contribution in [0.2, 0.25) is 0 Å². The van der Waals surface area contributed by atoms with Crippen LogP contribution in [0.1, 0.15) is 19.1 Å². The van der Waals surface area contributed by atoms with Crippen molar-refractivity contribution in [2.45, 2.75) is 13.3 Å². The predicted octanol–water partition coefficient (Wildman–Crippen LogP) is 3.56. The Hall–Kier alpha value is -1.70. The van der Waals surface area contributed by atoms with Crippen LogP contribution in [-0.4, -0.2) is 5.11 Å². The Kier molecular flexibility index (Phi) is 2.04. The van der Waals surface area contributed by atoms with Crippen molar-refractivity contribution < 1.29 is 9.52 Å². The molecule has 0 amide bonds. The van der Waals surface area contributed by atoms with Crippen molar-refractivity contribution in [3.8, 4) is 5.75 Å². The van der Waals surface area contributed by atoms with Crippen LogP contribution in [0.3, 0.4) is 0 Å². The summed E-state index contributed by atoms with van der Waals surface area (Å²) < 4.78 is 5.54. The molecule has 14 heavy (non-hydrogen) atoms. The maximum Gasteiger partial charge on any atom is 0.138 e. The zero-order valence-corrected chi connectivity index (χ0v) is 8.08. The Morgan fingerprint density at radius 2 is 2.21 bits per heavy atom. The first kappa shape index (κ1) is 8.88. The van der Waals surface area contributed by atoms with Crippen LogP contribution in [-0.2, 0) is 0 Å². The Morgan fingerprint density at radius 3 is 2.93 bits per heavy atom. The summed E-state index contributed by atoms with van der Waals surface area (Å²) in [6, 6.07) is 7.04. The van der Waals surface area contributed by atoms with E-state index in [1.54, 1.807) is 12.1 Å². The van der Waals surface area contributed by atoms with Gasteiger partial charge in [-0.2, -0.15) is 0 Å². The molecule has 0 atom stereocenters. The lowest BCUT2D eigenvalue weighted by Crippen LogP contribution is -1.72. The minimum atomic E-state index is 0.223. The summed E-state index contributed by atoms with van der Waals surface area (Å²) >= 11 is 0. The van der Waals surface area contributed by atoms with Gasteiger partial charge in [-0.05, 0) is 30.2 Å². The van der Waals surface area contributed by atoms with Crippen LogP contribution in [0.5, 0.6) is 5.75 Å². The van der Waals surface area contributed by atoms with Gasteiger partial charge in [0.05, 0.1) is 0 Å². The third-order valence-corrected chi connectivity index (χ3v) is 2.28. The summed E-state index contributed by atoms with van der Waals surface area (Å²) in [5.41, 5.74) is 1.68. The molecule has 1 aromatic carbocycles. The van der Waals surface area contributed by atoms with Gasteiger partial charge in [-0.15, -0.1) is 0 Å². The smallest absolute Gasteiger partial charge is 0.138 e. The van der Waals surface area contributed by atoms with Crippen LogP contribution in [0.15, 0.2) is 35.3 Å². The third kappa shape index (κ3) is 1.39. The Balaban J connectivity index is 2.56. The average Bonchev–Trinajstić information content (AvgIpc) is 2.59. The fraction of sp³-hybridized carbons (Fsp3) is 0.167. The van der Waals surface area contributed by atoms with Crippen LogP contribution in [0.4, 0.5) is 0 Å². The molecule has 2 aromatic rings. The molecule has 2 nitrogen and oxygen atoms in total. The van der Waals surface area contributed by atoms with Crippen LogP contribution < -0.4 is 0 Å². The molecule has 2 rings (SSSR count). The quantitative estimate of drug-likeness (QED) is 0.781. The molecule has 0 bridgehead atoms. The molecule has 1 N–H and O–H groups in total. The second kappa shape index (κ2) is 3.22. The topological polar surface area (TPSA) is 33.4 Å². The summed E-state index contributed by atoms with van der Waals surface area (Å²) in [6.45, 7) is 5.94. The molecule has 0 saturated carbocycles. The van der Waals surface area contributed by atoms with Crippen molar-refractivity contribution in [1.29, 1.82) is 0 Å². The van der Waals surface area contributed by atoms with Crippen LogP contribution in [0.25, 0.3) is 16.5 Å². The fourth-order valence-corrected chi connectivity index (χ4v) is 1.37. The summed E-state index contributed by atoms with van der Waals surface area (Å²) in [4.78, 5) is 0. The maximum absolute atomic E-state index is 9.25. The lowest BCUT2D eigenvalue weighted by molar-refractivity contribution is 0.474. The van der Waals surface area contributed by atoms with E-state index in [-0.39, 0.29) is 5.75 Å². The first-order chi connectivity index (χ1) is 6.70. The van der Waals surface area contributed by atoms with E-state index < -0.39 is 0 Å². The van der Waals surface area contributed by atoms with Gasteiger partial charge in [0.15, 0.2) is 0 Å². The van der Waals surface area contributed by atoms with Crippen molar-refractivity contribution in [3.63, 3.8) is 0 Å². The minimum absolute atomic E-state index is 0.223. The number of aromatic hydroxyl groups is 1. The Bertz CT molecular complexity index is 480. The molecule has 0 radical (unpaired) electrons. The van der Waals surface area contributed by atoms with E-state index in [1.807, 2.05) is 19.1 Å². The molecule has 0 aliphatic heterocycles. The summed E-state index contributed by atoms with van der Waals surface area (Å²) in [7, 11) is 0. The number of hydrogen-bond donors (Lipinski definition) is 1. The zero-order chi connectivity index (χ0) is 10.1. The minimum Gasteiger partial charge on any atom is -0.508 e. The van der Waals surface area contributed by atoms with Gasteiger partial charge in [-0.25, -0.2) is 0 Å². The molecular weight excluding hydrogens is 176 g/mol. The summed E-state index contributed by atoms with van der Waals surface area (Å²) in [5, 5.41) is 10.2. The van der Waals surface area contributed by atoms with E-state index in [4.69, 9.17) is 4.42 Å². The van der Waals surface area contributed by atoms with E-state index >= 15 is 0 Å². The van der Waals surface area contributed by atoms with Gasteiger partial charge in [0.1, 0.15) is 17.1 Å². The van der Waals surface area contributed by atoms with Gasteiger partial charge < -0.3 is 9.52 Å². The summed E-state index contributed by atoms with van der Waals surface area (Å²) in [5.74, 6) is 1.02. The first-order valence-electron chi connectivity index (χ1n) is 4.61. The van der Waals surface area contributed by atoms with E-state index in [0.717, 1.165) is 23.1 Å². The van der Waals surface area contributed by atoms with Gasteiger partial charge >= 0.3 is 0 Å². The predicted molar refractivity (Wildman–Crippen MR) is 57.2 cm³/mol. The first-order valence-corrected chi connectivity index (χ1v) is 4.61. The van der Waals surface area contributed by atoms with E-state index in [1.165, 1.54) is 0 Å². The van der Waals surface area contributed by atoms with Crippen LogP contribution >= 0.6 is 0 Å². The molecular formula is C12H12O2. The fourth-order valence-electron chi connectivity index (χ4n) is 1.37. The van der Waals surface area contributed by atoms with E-state index in [9.17, 15) is 5.11 Å². The molecule has 72 valence electrons. The molecule has 0 spiro atoms. The summed E-state index contributed by atoms with van der Waals surface area (Å²) in [6.07, 6.45) is 0.867. The molecule has 0 saturated heterocycles. The highest BCUT2D eigenvalue weighted by Crippen LogP contribution is 2.27. The highest BCUT2D eigenvalue weighted by molar-refractivity contribution is 5.82. The standard InChI is InChI=1S/C12H12O2/c1-3-8(2)11-6-9-4-5-10(13)7-12(9)14-11/h4-7,13H,2-3H2,1H3. The monoisotopic (exact) mass is 188 g/mol. The number of fused-ring (bicyclic) bond motifs is 1. The number of phenols is 1. The van der Waals surface area contributed by atoms with E-state index in [0.29, 0.717) is 5.58 Å². The highest BCUT2D eigenvalue weighted by atomic mass is 16.3. The second-order valence-electron chi connectivity index (χ2n) is 3.29. The number of phenolic OH excluding ortho intramolecular Hbond substituents is 1. The average molecular weight is 188 g/mol. The third-order valence-electron chi connectivity index (χ3n) is 2.28.